The highest BCUT2D eigenvalue weighted by atomic mass is 32.1. The van der Waals surface area contributed by atoms with Crippen molar-refractivity contribution in [2.45, 2.75) is 103 Å². The highest BCUT2D eigenvalue weighted by molar-refractivity contribution is 7.80. The number of nitrogens with zero attached hydrogens (tertiary/aromatic N) is 3. The molecule has 51 heavy (non-hydrogen) atoms. The second-order valence-electron chi connectivity index (χ2n) is 16.5. The molecule has 1 aliphatic carbocycles. The number of hydrogen-bond acceptors (Lipinski definition) is 4. The van der Waals surface area contributed by atoms with Crippen LogP contribution in [0.1, 0.15) is 129 Å². The Bertz CT molecular complexity index is 2020. The number of hydrogen-bond donors (Lipinski definition) is 2. The van der Waals surface area contributed by atoms with Crippen LogP contribution in [0.5, 0.6) is 0 Å². The standard InChI is InChI=1S/C44H56N4O2S/c1-8-48-37-26-36-34(25-33(37)28(2)27-43(48,3)4)39(30-15-9-10-16-31(30)42(50)46(7)20-13-18-38(49)45-19-23-51)35-24-29-14-11-21-47-22-12-17-32(41(29)47)40(35)44(36,5)6/h9-10,15-16,24-26,28H,8,11-14,17-23,27H2,1-7H3,(H-,45,49,51)/p+1. The topological polar surface area (TPSA) is 55.7 Å². The number of anilines is 1. The zero-order valence-corrected chi connectivity index (χ0v) is 32.8. The minimum Gasteiger partial charge on any atom is -0.366 e. The van der Waals surface area contributed by atoms with E-state index in [-0.39, 0.29) is 22.8 Å². The van der Waals surface area contributed by atoms with Crippen molar-refractivity contribution < 1.29 is 9.59 Å². The van der Waals surface area contributed by atoms with Gasteiger partial charge in [-0.05, 0) is 115 Å². The summed E-state index contributed by atoms with van der Waals surface area (Å²) in [5.41, 5.74) is 12.6. The first-order valence-electron chi connectivity index (χ1n) is 19.4. The first-order valence-corrected chi connectivity index (χ1v) is 20.0. The average molecular weight is 706 g/mol. The Morgan fingerprint density at radius 2 is 1.78 bits per heavy atom. The summed E-state index contributed by atoms with van der Waals surface area (Å²) in [7, 11) is 1.87. The van der Waals surface area contributed by atoms with E-state index in [0.717, 1.165) is 50.0 Å². The summed E-state index contributed by atoms with van der Waals surface area (Å²) < 4.78 is 2.66. The summed E-state index contributed by atoms with van der Waals surface area (Å²) in [5.74, 6) is 1.03. The van der Waals surface area contributed by atoms with Gasteiger partial charge < -0.3 is 15.1 Å². The SMILES string of the molecule is CCN1c2cc3c(cc2C(C)CC1(C)C)C(c1ccccc1C(=O)N(C)CCCC(=O)NCCS)=c1cc2c4c(c1C3(C)C)CCC[N+]=4CCC2. The Labute approximate surface area is 310 Å². The molecule has 3 aromatic carbocycles. The van der Waals surface area contributed by atoms with E-state index in [4.69, 9.17) is 0 Å². The van der Waals surface area contributed by atoms with Crippen LogP contribution in [-0.2, 0) is 23.1 Å². The molecule has 1 unspecified atom stereocenters. The lowest BCUT2D eigenvalue weighted by Gasteiger charge is -2.48. The predicted octanol–water partition coefficient (Wildman–Crippen LogP) is 5.97. The van der Waals surface area contributed by atoms with Gasteiger partial charge in [0.25, 0.3) is 5.91 Å². The quantitative estimate of drug-likeness (QED) is 0.213. The molecule has 0 aromatic heterocycles. The fraction of sp³-hybridized carbons (Fsp3) is 0.523. The van der Waals surface area contributed by atoms with E-state index in [0.29, 0.717) is 37.6 Å². The number of aryl methyl sites for hydroxylation is 1. The van der Waals surface area contributed by atoms with Crippen LogP contribution in [0.15, 0.2) is 42.5 Å². The van der Waals surface area contributed by atoms with Crippen LogP contribution in [0, 0.1) is 0 Å². The van der Waals surface area contributed by atoms with Crippen molar-refractivity contribution >= 4 is 35.7 Å². The van der Waals surface area contributed by atoms with E-state index in [9.17, 15) is 9.59 Å². The molecule has 7 rings (SSSR count). The van der Waals surface area contributed by atoms with Crippen molar-refractivity contribution in [1.82, 2.24) is 14.8 Å². The Hall–Kier alpha value is -3.58. The van der Waals surface area contributed by atoms with Crippen LogP contribution in [-0.4, -0.2) is 67.8 Å². The predicted molar refractivity (Wildman–Crippen MR) is 213 cm³/mol. The summed E-state index contributed by atoms with van der Waals surface area (Å²) in [6, 6.07) is 15.8. The number of benzene rings is 3. The number of thiol groups is 1. The lowest BCUT2D eigenvalue weighted by atomic mass is 9.64. The van der Waals surface area contributed by atoms with Gasteiger partial charge in [0.1, 0.15) is 13.1 Å². The molecule has 2 amide bonds. The first kappa shape index (κ1) is 35.8. The van der Waals surface area contributed by atoms with Crippen molar-refractivity contribution in [3.8, 4) is 0 Å². The van der Waals surface area contributed by atoms with Crippen LogP contribution in [0.25, 0.3) is 5.57 Å². The van der Waals surface area contributed by atoms with E-state index in [1.54, 1.807) is 4.90 Å². The molecule has 4 aliphatic rings. The van der Waals surface area contributed by atoms with E-state index in [1.165, 1.54) is 68.1 Å². The van der Waals surface area contributed by atoms with Gasteiger partial charge in [0.15, 0.2) is 0 Å². The highest BCUT2D eigenvalue weighted by Gasteiger charge is 2.43. The molecule has 0 fully saturated rings. The van der Waals surface area contributed by atoms with Gasteiger partial charge in [-0.25, -0.2) is 4.58 Å². The molecule has 1 atom stereocenters. The summed E-state index contributed by atoms with van der Waals surface area (Å²) in [6.07, 6.45) is 6.64. The average Bonchev–Trinajstić information content (AvgIpc) is 3.10. The van der Waals surface area contributed by atoms with E-state index in [2.05, 4.69) is 99.3 Å². The number of carbonyl (C=O) groups excluding carboxylic acids is 2. The molecule has 0 radical (unpaired) electrons. The van der Waals surface area contributed by atoms with Gasteiger partial charge in [-0.3, -0.25) is 9.59 Å². The second-order valence-corrected chi connectivity index (χ2v) is 17.0. The maximum Gasteiger partial charge on any atom is 0.254 e. The van der Waals surface area contributed by atoms with Gasteiger partial charge in [-0.15, -0.1) is 0 Å². The molecule has 7 heteroatoms. The molecule has 0 saturated heterocycles. The molecule has 0 spiro atoms. The van der Waals surface area contributed by atoms with Gasteiger partial charge in [-0.2, -0.15) is 12.6 Å². The Kier molecular flexibility index (Phi) is 9.66. The van der Waals surface area contributed by atoms with Crippen LogP contribution in [0.4, 0.5) is 5.69 Å². The monoisotopic (exact) mass is 705 g/mol. The zero-order valence-electron chi connectivity index (χ0n) is 31.9. The van der Waals surface area contributed by atoms with Crippen molar-refractivity contribution in [2.75, 3.05) is 50.4 Å². The maximum atomic E-state index is 14.4. The van der Waals surface area contributed by atoms with Crippen molar-refractivity contribution in [3.63, 3.8) is 0 Å². The fourth-order valence-electron chi connectivity index (χ4n) is 10.1. The molecule has 0 saturated carbocycles. The molecule has 0 bridgehead atoms. The van der Waals surface area contributed by atoms with Crippen molar-refractivity contribution in [3.05, 3.63) is 97.5 Å². The summed E-state index contributed by atoms with van der Waals surface area (Å²) in [5, 5.41) is 5.69. The van der Waals surface area contributed by atoms with Gasteiger partial charge in [-0.1, -0.05) is 39.0 Å². The molecule has 3 aliphatic heterocycles. The van der Waals surface area contributed by atoms with E-state index < -0.39 is 0 Å². The van der Waals surface area contributed by atoms with Crippen LogP contribution >= 0.6 is 12.6 Å². The lowest BCUT2D eigenvalue weighted by molar-refractivity contribution is -0.121. The van der Waals surface area contributed by atoms with E-state index in [1.807, 2.05) is 19.2 Å². The van der Waals surface area contributed by atoms with Crippen LogP contribution in [0.3, 0.4) is 0 Å². The van der Waals surface area contributed by atoms with Crippen molar-refractivity contribution in [2.24, 2.45) is 0 Å². The molecule has 270 valence electrons. The number of rotatable bonds is 9. The van der Waals surface area contributed by atoms with Crippen LogP contribution < -0.4 is 25.4 Å². The molecular formula is C44H57N4O2S+. The minimum atomic E-state index is -0.221. The number of amides is 2. The molecule has 3 aromatic rings. The molecule has 1 N–H and O–H groups in total. The Morgan fingerprint density at radius 3 is 2.53 bits per heavy atom. The third-order valence-electron chi connectivity index (χ3n) is 12.3. The summed E-state index contributed by atoms with van der Waals surface area (Å²) in [4.78, 5) is 31.2. The third kappa shape index (κ3) is 6.11. The second kappa shape index (κ2) is 13.8. The van der Waals surface area contributed by atoms with Gasteiger partial charge in [0.2, 0.25) is 11.3 Å². The largest absolute Gasteiger partial charge is 0.366 e. The normalized spacial score (nSPS) is 19.5. The molecular weight excluding hydrogens is 649 g/mol. The summed E-state index contributed by atoms with van der Waals surface area (Å²) >= 11 is 4.20. The van der Waals surface area contributed by atoms with Gasteiger partial charge >= 0.3 is 0 Å². The van der Waals surface area contributed by atoms with Crippen molar-refractivity contribution in [1.29, 1.82) is 0 Å². The van der Waals surface area contributed by atoms with Gasteiger partial charge in [0, 0.05) is 85.0 Å². The van der Waals surface area contributed by atoms with Crippen LogP contribution in [0.2, 0.25) is 0 Å². The summed E-state index contributed by atoms with van der Waals surface area (Å²) in [6.45, 7) is 18.7. The fourth-order valence-corrected chi connectivity index (χ4v) is 10.3. The van der Waals surface area contributed by atoms with Gasteiger partial charge in [0.05, 0.1) is 0 Å². The number of carbonyl (C=O) groups is 2. The number of nitrogens with one attached hydrogen (secondary N) is 1. The maximum absolute atomic E-state index is 14.4. The first-order chi connectivity index (χ1) is 24.4. The minimum absolute atomic E-state index is 0.00230. The molecule has 6 nitrogen and oxygen atoms in total. The zero-order chi connectivity index (χ0) is 36.2. The highest BCUT2D eigenvalue weighted by Crippen LogP contribution is 2.50. The van der Waals surface area contributed by atoms with E-state index >= 15 is 0 Å². The third-order valence-corrected chi connectivity index (χ3v) is 12.5. The Balaban J connectivity index is 1.46. The number of fused-ring (bicyclic) bond motifs is 4. The lowest BCUT2D eigenvalue weighted by Crippen LogP contribution is -2.50. The molecule has 3 heterocycles. The Morgan fingerprint density at radius 1 is 1.04 bits per heavy atom. The smallest absolute Gasteiger partial charge is 0.254 e.